The van der Waals surface area contributed by atoms with Crippen molar-refractivity contribution in [3.8, 4) is 5.75 Å². The molecule has 0 spiro atoms. The van der Waals surface area contributed by atoms with Crippen LogP contribution in [0, 0.1) is 5.82 Å². The van der Waals surface area contributed by atoms with Crippen molar-refractivity contribution in [1.82, 2.24) is 5.32 Å². The molecule has 2 rings (SSSR count). The van der Waals surface area contributed by atoms with Gasteiger partial charge >= 0.3 is 5.97 Å². The molecular weight excluding hydrogens is 325 g/mol. The molecule has 1 N–H and O–H groups in total. The van der Waals surface area contributed by atoms with Gasteiger partial charge in [0.1, 0.15) is 11.6 Å². The van der Waals surface area contributed by atoms with Crippen LogP contribution < -0.4 is 10.1 Å². The highest BCUT2D eigenvalue weighted by molar-refractivity contribution is 5.82. The Kier molecular flexibility index (Phi) is 6.51. The van der Waals surface area contributed by atoms with E-state index in [9.17, 15) is 14.0 Å². The highest BCUT2D eigenvalue weighted by Crippen LogP contribution is 2.14. The molecule has 0 saturated heterocycles. The fourth-order valence-corrected chi connectivity index (χ4v) is 2.13. The predicted octanol–water partition coefficient (Wildman–Crippen LogP) is 3.01. The summed E-state index contributed by atoms with van der Waals surface area (Å²) < 4.78 is 23.1. The Hall–Kier alpha value is -2.89. The molecule has 6 heteroatoms. The Morgan fingerprint density at radius 2 is 1.68 bits per heavy atom. The van der Waals surface area contributed by atoms with Crippen molar-refractivity contribution in [1.29, 1.82) is 0 Å². The summed E-state index contributed by atoms with van der Waals surface area (Å²) >= 11 is 0. The molecule has 5 nitrogen and oxygen atoms in total. The number of ether oxygens (including phenoxy) is 2. The lowest BCUT2D eigenvalue weighted by atomic mass is 10.1. The summed E-state index contributed by atoms with van der Waals surface area (Å²) in [6.07, 6.45) is -0.912. The van der Waals surface area contributed by atoms with E-state index in [1.54, 1.807) is 0 Å². The quantitative estimate of drug-likeness (QED) is 0.784. The second kappa shape index (κ2) is 8.82. The number of amides is 1. The first-order valence-electron chi connectivity index (χ1n) is 7.89. The van der Waals surface area contributed by atoms with Gasteiger partial charge in [0.2, 0.25) is 0 Å². The molecule has 0 unspecified atom stereocenters. The van der Waals surface area contributed by atoms with Gasteiger partial charge in [-0.25, -0.2) is 9.18 Å². The van der Waals surface area contributed by atoms with Crippen molar-refractivity contribution in [2.45, 2.75) is 26.0 Å². The van der Waals surface area contributed by atoms with Crippen LogP contribution in [0.4, 0.5) is 4.39 Å². The Labute approximate surface area is 145 Å². The van der Waals surface area contributed by atoms with Gasteiger partial charge in [0.15, 0.2) is 12.7 Å². The van der Waals surface area contributed by atoms with Crippen molar-refractivity contribution in [3.05, 3.63) is 66.0 Å². The molecule has 25 heavy (non-hydrogen) atoms. The van der Waals surface area contributed by atoms with Crippen LogP contribution in [0.15, 0.2) is 54.6 Å². The maximum absolute atomic E-state index is 12.8. The summed E-state index contributed by atoms with van der Waals surface area (Å²) in [7, 11) is 0. The van der Waals surface area contributed by atoms with Gasteiger partial charge in [0.25, 0.3) is 5.91 Å². The molecule has 0 aromatic heterocycles. The van der Waals surface area contributed by atoms with Crippen LogP contribution in [0.5, 0.6) is 5.75 Å². The van der Waals surface area contributed by atoms with Crippen molar-refractivity contribution >= 4 is 11.9 Å². The second-order valence-electron chi connectivity index (χ2n) is 5.52. The lowest BCUT2D eigenvalue weighted by molar-refractivity contribution is -0.154. The minimum absolute atomic E-state index is 0.194. The van der Waals surface area contributed by atoms with Crippen molar-refractivity contribution in [2.75, 3.05) is 6.61 Å². The van der Waals surface area contributed by atoms with E-state index in [-0.39, 0.29) is 6.04 Å². The van der Waals surface area contributed by atoms with E-state index in [0.717, 1.165) is 5.56 Å². The predicted molar refractivity (Wildman–Crippen MR) is 90.4 cm³/mol. The number of esters is 1. The fraction of sp³-hybridized carbons (Fsp3) is 0.263. The molecule has 0 heterocycles. The van der Waals surface area contributed by atoms with Gasteiger partial charge in [-0.05, 0) is 43.7 Å². The molecule has 2 aromatic rings. The third-order valence-corrected chi connectivity index (χ3v) is 3.48. The van der Waals surface area contributed by atoms with Crippen LogP contribution in [0.3, 0.4) is 0 Å². The Bertz CT molecular complexity index is 703. The smallest absolute Gasteiger partial charge is 0.347 e. The van der Waals surface area contributed by atoms with Crippen LogP contribution in [0.25, 0.3) is 0 Å². The molecule has 0 aliphatic carbocycles. The lowest BCUT2D eigenvalue weighted by Gasteiger charge is -2.16. The van der Waals surface area contributed by atoms with Gasteiger partial charge in [0.05, 0.1) is 6.04 Å². The van der Waals surface area contributed by atoms with Crippen LogP contribution in [0.2, 0.25) is 0 Å². The zero-order valence-corrected chi connectivity index (χ0v) is 14.1. The molecule has 0 radical (unpaired) electrons. The van der Waals surface area contributed by atoms with Gasteiger partial charge in [-0.1, -0.05) is 30.3 Å². The largest absolute Gasteiger partial charge is 0.479 e. The number of nitrogens with one attached hydrogen (secondary N) is 1. The fourth-order valence-electron chi connectivity index (χ4n) is 2.13. The van der Waals surface area contributed by atoms with Crippen molar-refractivity contribution < 1.29 is 23.5 Å². The topological polar surface area (TPSA) is 64.6 Å². The lowest BCUT2D eigenvalue weighted by Crippen LogP contribution is -2.34. The molecular formula is C19H20FNO4. The molecule has 0 saturated carbocycles. The molecule has 2 atom stereocenters. The standard InChI is InChI=1S/C19H20FNO4/c1-13(15-6-4-3-5-7-15)21-18(22)12-24-19(23)14(2)25-17-10-8-16(20)9-11-17/h3-11,13-14H,12H2,1-2H3,(H,21,22)/t13-,14-/m0/s1. The van der Waals surface area contributed by atoms with Gasteiger partial charge in [-0.3, -0.25) is 4.79 Å². The van der Waals surface area contributed by atoms with Gasteiger partial charge in [0, 0.05) is 0 Å². The molecule has 0 bridgehead atoms. The maximum Gasteiger partial charge on any atom is 0.347 e. The first kappa shape index (κ1) is 18.4. The maximum atomic E-state index is 12.8. The normalized spacial score (nSPS) is 12.8. The van der Waals surface area contributed by atoms with E-state index in [4.69, 9.17) is 9.47 Å². The summed E-state index contributed by atoms with van der Waals surface area (Å²) in [4.78, 5) is 23.8. The van der Waals surface area contributed by atoms with E-state index < -0.39 is 30.4 Å². The number of rotatable bonds is 7. The van der Waals surface area contributed by atoms with Gasteiger partial charge in [-0.15, -0.1) is 0 Å². The van der Waals surface area contributed by atoms with Crippen molar-refractivity contribution in [2.24, 2.45) is 0 Å². The summed E-state index contributed by atoms with van der Waals surface area (Å²) in [6, 6.07) is 14.5. The molecule has 0 aliphatic heterocycles. The highest BCUT2D eigenvalue weighted by atomic mass is 19.1. The van der Waals surface area contributed by atoms with E-state index in [1.165, 1.54) is 31.2 Å². The van der Waals surface area contributed by atoms with E-state index in [2.05, 4.69) is 5.32 Å². The number of hydrogen-bond acceptors (Lipinski definition) is 4. The Morgan fingerprint density at radius 3 is 2.32 bits per heavy atom. The number of carbonyl (C=O) groups excluding carboxylic acids is 2. The van der Waals surface area contributed by atoms with Crippen LogP contribution in [0.1, 0.15) is 25.5 Å². The van der Waals surface area contributed by atoms with Gasteiger partial charge < -0.3 is 14.8 Å². The van der Waals surface area contributed by atoms with E-state index >= 15 is 0 Å². The monoisotopic (exact) mass is 345 g/mol. The minimum atomic E-state index is -0.912. The molecule has 1 amide bonds. The number of hydrogen-bond donors (Lipinski definition) is 1. The van der Waals surface area contributed by atoms with Crippen LogP contribution in [-0.4, -0.2) is 24.6 Å². The highest BCUT2D eigenvalue weighted by Gasteiger charge is 2.18. The van der Waals surface area contributed by atoms with E-state index in [1.807, 2.05) is 37.3 Å². The van der Waals surface area contributed by atoms with Crippen molar-refractivity contribution in [3.63, 3.8) is 0 Å². The molecule has 2 aromatic carbocycles. The zero-order chi connectivity index (χ0) is 18.2. The average Bonchev–Trinajstić information content (AvgIpc) is 2.62. The van der Waals surface area contributed by atoms with E-state index in [0.29, 0.717) is 5.75 Å². The SMILES string of the molecule is C[C@H](Oc1ccc(F)cc1)C(=O)OCC(=O)N[C@@H](C)c1ccccc1. The van der Waals surface area contributed by atoms with Crippen LogP contribution >= 0.6 is 0 Å². The number of halogens is 1. The van der Waals surface area contributed by atoms with Gasteiger partial charge in [-0.2, -0.15) is 0 Å². The summed E-state index contributed by atoms with van der Waals surface area (Å²) in [5, 5.41) is 2.75. The number of carbonyl (C=O) groups is 2. The number of benzene rings is 2. The first-order chi connectivity index (χ1) is 12.0. The molecule has 0 fully saturated rings. The minimum Gasteiger partial charge on any atom is -0.479 e. The molecule has 132 valence electrons. The first-order valence-corrected chi connectivity index (χ1v) is 7.89. The van der Waals surface area contributed by atoms with Crippen LogP contribution in [-0.2, 0) is 14.3 Å². The Morgan fingerprint density at radius 1 is 1.04 bits per heavy atom. The summed E-state index contributed by atoms with van der Waals surface area (Å²) in [6.45, 7) is 2.94. The average molecular weight is 345 g/mol. The third-order valence-electron chi connectivity index (χ3n) is 3.48. The Balaban J connectivity index is 1.76. The second-order valence-corrected chi connectivity index (χ2v) is 5.52. The molecule has 0 aliphatic rings. The third kappa shape index (κ3) is 5.91. The summed E-state index contributed by atoms with van der Waals surface area (Å²) in [5.74, 6) is -1.13. The zero-order valence-electron chi connectivity index (χ0n) is 14.1. The summed E-state index contributed by atoms with van der Waals surface area (Å²) in [5.41, 5.74) is 0.954.